The molecule has 0 unspecified atom stereocenters. The smallest absolute Gasteiger partial charge is 0.228 e. The molecule has 1 N–H and O–H groups in total. The van der Waals surface area contributed by atoms with Gasteiger partial charge in [0.15, 0.2) is 0 Å². The standard InChI is InChI=1S/C28H42N2O2/c31-25(17-27-11-18-5-19(12-27)7-20(6-18)13-27)29-24-1-3-30(4-2-24)26(32)28-14-21-8-22(15-28)10-23(9-21)16-28/h18-24H,1-17H2,(H,29,31). The summed E-state index contributed by atoms with van der Waals surface area (Å²) in [7, 11) is 0. The van der Waals surface area contributed by atoms with Crippen LogP contribution in [-0.4, -0.2) is 35.8 Å². The summed E-state index contributed by atoms with van der Waals surface area (Å²) in [5, 5.41) is 3.41. The summed E-state index contributed by atoms with van der Waals surface area (Å²) in [5.74, 6) is 5.99. The molecule has 9 aliphatic rings. The van der Waals surface area contributed by atoms with Crippen LogP contribution in [0.5, 0.6) is 0 Å². The summed E-state index contributed by atoms with van der Waals surface area (Å²) in [6.45, 7) is 1.70. The van der Waals surface area contributed by atoms with E-state index in [1.807, 2.05) is 0 Å². The zero-order chi connectivity index (χ0) is 21.5. The molecule has 9 rings (SSSR count). The quantitative estimate of drug-likeness (QED) is 0.677. The van der Waals surface area contributed by atoms with Crippen molar-refractivity contribution in [2.24, 2.45) is 46.3 Å². The molecule has 0 radical (unpaired) electrons. The molecule has 0 atom stereocenters. The van der Waals surface area contributed by atoms with Crippen molar-refractivity contribution in [1.29, 1.82) is 0 Å². The highest BCUT2D eigenvalue weighted by Gasteiger charge is 2.56. The zero-order valence-electron chi connectivity index (χ0n) is 19.8. The lowest BCUT2D eigenvalue weighted by atomic mass is 9.49. The molecule has 32 heavy (non-hydrogen) atoms. The highest BCUT2D eigenvalue weighted by Crippen LogP contribution is 2.62. The minimum atomic E-state index is -0.0106. The number of piperidine rings is 1. The number of amides is 2. The van der Waals surface area contributed by atoms with E-state index in [9.17, 15) is 9.59 Å². The fourth-order valence-electron chi connectivity index (χ4n) is 11.1. The van der Waals surface area contributed by atoms with E-state index in [2.05, 4.69) is 10.2 Å². The average molecular weight is 439 g/mol. The molecular formula is C28H42N2O2. The van der Waals surface area contributed by atoms with Crippen LogP contribution in [0.1, 0.15) is 96.3 Å². The number of nitrogens with zero attached hydrogens (tertiary/aromatic N) is 1. The maximum atomic E-state index is 13.6. The second-order valence-corrected chi connectivity index (χ2v) is 13.9. The number of likely N-dealkylation sites (tertiary alicyclic amines) is 1. The predicted molar refractivity (Wildman–Crippen MR) is 124 cm³/mol. The Kier molecular flexibility index (Phi) is 4.58. The largest absolute Gasteiger partial charge is 0.353 e. The molecule has 1 heterocycles. The molecule has 1 aliphatic heterocycles. The molecule has 0 aromatic heterocycles. The van der Waals surface area contributed by atoms with Crippen molar-refractivity contribution in [1.82, 2.24) is 10.2 Å². The Morgan fingerprint density at radius 2 is 1.12 bits per heavy atom. The minimum Gasteiger partial charge on any atom is -0.353 e. The van der Waals surface area contributed by atoms with Gasteiger partial charge in [0.05, 0.1) is 5.41 Å². The Morgan fingerprint density at radius 1 is 0.688 bits per heavy atom. The highest BCUT2D eigenvalue weighted by atomic mass is 16.2. The second-order valence-electron chi connectivity index (χ2n) is 13.9. The summed E-state index contributed by atoms with van der Waals surface area (Å²) < 4.78 is 0. The lowest BCUT2D eigenvalue weighted by Gasteiger charge is -2.57. The van der Waals surface area contributed by atoms with Crippen LogP contribution in [0, 0.1) is 46.3 Å². The minimum absolute atomic E-state index is 0.0106. The number of rotatable bonds is 4. The van der Waals surface area contributed by atoms with E-state index in [0.717, 1.165) is 67.9 Å². The van der Waals surface area contributed by atoms with Crippen molar-refractivity contribution >= 4 is 11.8 Å². The first kappa shape index (κ1) is 20.3. The van der Waals surface area contributed by atoms with Crippen molar-refractivity contribution in [2.45, 2.75) is 102 Å². The molecule has 8 aliphatic carbocycles. The van der Waals surface area contributed by atoms with Crippen LogP contribution < -0.4 is 5.32 Å². The van der Waals surface area contributed by atoms with Crippen molar-refractivity contribution in [2.75, 3.05) is 13.1 Å². The van der Waals surface area contributed by atoms with Gasteiger partial charge in [0.2, 0.25) is 11.8 Å². The first-order valence-electron chi connectivity index (χ1n) is 14.0. The lowest BCUT2D eigenvalue weighted by molar-refractivity contribution is -0.158. The van der Waals surface area contributed by atoms with Gasteiger partial charge in [0.25, 0.3) is 0 Å². The molecule has 2 amide bonds. The van der Waals surface area contributed by atoms with Gasteiger partial charge in [-0.15, -0.1) is 0 Å². The van der Waals surface area contributed by atoms with Gasteiger partial charge in [-0.25, -0.2) is 0 Å². The number of nitrogens with one attached hydrogen (secondary N) is 1. The summed E-state index contributed by atoms with van der Waals surface area (Å²) >= 11 is 0. The number of hydrogen-bond donors (Lipinski definition) is 1. The predicted octanol–water partition coefficient (Wildman–Crippen LogP) is 4.92. The number of carbonyl (C=O) groups is 2. The Hall–Kier alpha value is -1.06. The van der Waals surface area contributed by atoms with Crippen LogP contribution in [-0.2, 0) is 9.59 Å². The molecule has 0 aromatic carbocycles. The Bertz CT molecular complexity index is 725. The summed E-state index contributed by atoms with van der Waals surface area (Å²) in [4.78, 5) is 28.9. The van der Waals surface area contributed by atoms with Crippen LogP contribution in [0.4, 0.5) is 0 Å². The van der Waals surface area contributed by atoms with Crippen LogP contribution in [0.15, 0.2) is 0 Å². The third-order valence-corrected chi connectivity index (χ3v) is 11.3. The van der Waals surface area contributed by atoms with E-state index in [0.29, 0.717) is 17.2 Å². The molecular weight excluding hydrogens is 396 g/mol. The van der Waals surface area contributed by atoms with Crippen LogP contribution in [0.3, 0.4) is 0 Å². The summed E-state index contributed by atoms with van der Waals surface area (Å²) in [5.41, 5.74) is 0.317. The summed E-state index contributed by atoms with van der Waals surface area (Å²) in [6, 6.07) is 0.275. The Balaban J connectivity index is 0.934. The van der Waals surface area contributed by atoms with Gasteiger partial charge >= 0.3 is 0 Å². The van der Waals surface area contributed by atoms with Crippen LogP contribution in [0.2, 0.25) is 0 Å². The van der Waals surface area contributed by atoms with E-state index in [1.165, 1.54) is 77.0 Å². The van der Waals surface area contributed by atoms with Crippen molar-refractivity contribution in [3.8, 4) is 0 Å². The van der Waals surface area contributed by atoms with Gasteiger partial charge < -0.3 is 10.2 Å². The van der Waals surface area contributed by atoms with E-state index in [4.69, 9.17) is 0 Å². The molecule has 9 fully saturated rings. The Labute approximate surface area is 193 Å². The average Bonchev–Trinajstić information content (AvgIpc) is 2.71. The van der Waals surface area contributed by atoms with Crippen LogP contribution >= 0.6 is 0 Å². The molecule has 0 spiro atoms. The van der Waals surface area contributed by atoms with Crippen molar-refractivity contribution < 1.29 is 9.59 Å². The monoisotopic (exact) mass is 438 g/mol. The van der Waals surface area contributed by atoms with E-state index >= 15 is 0 Å². The van der Waals surface area contributed by atoms with Crippen LogP contribution in [0.25, 0.3) is 0 Å². The fraction of sp³-hybridized carbons (Fsp3) is 0.929. The molecule has 4 heteroatoms. The van der Waals surface area contributed by atoms with E-state index < -0.39 is 0 Å². The molecule has 8 saturated carbocycles. The van der Waals surface area contributed by atoms with Crippen molar-refractivity contribution in [3.63, 3.8) is 0 Å². The molecule has 8 bridgehead atoms. The molecule has 176 valence electrons. The topological polar surface area (TPSA) is 49.4 Å². The molecule has 1 saturated heterocycles. The van der Waals surface area contributed by atoms with E-state index in [-0.39, 0.29) is 11.5 Å². The van der Waals surface area contributed by atoms with Gasteiger partial charge in [-0.1, -0.05) is 0 Å². The normalized spacial score (nSPS) is 48.9. The SMILES string of the molecule is O=C(CC12CC3CC(CC(C3)C1)C2)NC1CCN(C(=O)C23CC4CC(CC(C4)C2)C3)CC1. The zero-order valence-corrected chi connectivity index (χ0v) is 19.8. The van der Waals surface area contributed by atoms with Gasteiger partial charge in [0, 0.05) is 25.6 Å². The first-order chi connectivity index (χ1) is 15.5. The van der Waals surface area contributed by atoms with Gasteiger partial charge in [-0.05, 0) is 131 Å². The fourth-order valence-corrected chi connectivity index (χ4v) is 11.1. The summed E-state index contributed by atoms with van der Waals surface area (Å²) in [6.07, 6.45) is 18.6. The second kappa shape index (κ2) is 7.22. The molecule has 0 aromatic rings. The third-order valence-electron chi connectivity index (χ3n) is 11.3. The number of carbonyl (C=O) groups excluding carboxylic acids is 2. The van der Waals surface area contributed by atoms with Gasteiger partial charge in [-0.3, -0.25) is 9.59 Å². The van der Waals surface area contributed by atoms with E-state index in [1.54, 1.807) is 0 Å². The highest BCUT2D eigenvalue weighted by molar-refractivity contribution is 5.83. The third kappa shape index (κ3) is 3.36. The van der Waals surface area contributed by atoms with Gasteiger partial charge in [-0.2, -0.15) is 0 Å². The maximum absolute atomic E-state index is 13.6. The lowest BCUT2D eigenvalue weighted by Crippen LogP contribution is -2.57. The first-order valence-corrected chi connectivity index (χ1v) is 14.0. The number of hydrogen-bond acceptors (Lipinski definition) is 2. The maximum Gasteiger partial charge on any atom is 0.228 e. The van der Waals surface area contributed by atoms with Gasteiger partial charge in [0.1, 0.15) is 0 Å². The molecule has 4 nitrogen and oxygen atoms in total. The van der Waals surface area contributed by atoms with Crippen molar-refractivity contribution in [3.05, 3.63) is 0 Å². The Morgan fingerprint density at radius 3 is 1.59 bits per heavy atom.